The summed E-state index contributed by atoms with van der Waals surface area (Å²) in [6, 6.07) is 21.4. The summed E-state index contributed by atoms with van der Waals surface area (Å²) in [5.41, 5.74) is -1.72. The largest absolute Gasteiger partial charge is 0.416 e. The predicted molar refractivity (Wildman–Crippen MR) is 153 cm³/mol. The van der Waals surface area contributed by atoms with Gasteiger partial charge >= 0.3 is 12.4 Å². The Morgan fingerprint density at radius 1 is 0.643 bits per heavy atom. The minimum Gasteiger partial charge on any atom is -0.298 e. The molecule has 226 valence electrons. The fourth-order valence-corrected chi connectivity index (χ4v) is 7.16. The van der Waals surface area contributed by atoms with Crippen molar-refractivity contribution in [3.63, 3.8) is 0 Å². The molecule has 0 radical (unpaired) electrons. The van der Waals surface area contributed by atoms with Gasteiger partial charge < -0.3 is 0 Å². The molecule has 1 aliphatic heterocycles. The van der Waals surface area contributed by atoms with Gasteiger partial charge in [0.05, 0.1) is 11.1 Å². The van der Waals surface area contributed by atoms with Crippen molar-refractivity contribution in [3.05, 3.63) is 107 Å². The number of benzene rings is 3. The Balaban J connectivity index is 1.59. The Bertz CT molecular complexity index is 1220. The number of piperazine rings is 1. The molecular formula is C34H38F6N2. The first kappa shape index (κ1) is 30.6. The molecule has 2 nitrogen and oxygen atoms in total. The minimum atomic E-state index is -4.90. The SMILES string of the molecule is CC(N1CCN(C2CCCCC2)CC1)C(Cc1cc(C(F)(F)F)cc(C(F)(F)F)c1)(c1ccccc1)c1ccccc1. The van der Waals surface area contributed by atoms with Gasteiger partial charge in [0, 0.05) is 43.7 Å². The maximum Gasteiger partial charge on any atom is 0.416 e. The summed E-state index contributed by atoms with van der Waals surface area (Å²) in [4.78, 5) is 4.94. The van der Waals surface area contributed by atoms with E-state index in [1.54, 1.807) is 0 Å². The van der Waals surface area contributed by atoms with Gasteiger partial charge in [-0.2, -0.15) is 26.3 Å². The molecule has 8 heteroatoms. The van der Waals surface area contributed by atoms with E-state index in [-0.39, 0.29) is 24.1 Å². The molecule has 42 heavy (non-hydrogen) atoms. The Morgan fingerprint density at radius 3 is 1.57 bits per heavy atom. The maximum atomic E-state index is 13.9. The van der Waals surface area contributed by atoms with Crippen LogP contribution in [-0.2, 0) is 24.2 Å². The van der Waals surface area contributed by atoms with Gasteiger partial charge in [-0.25, -0.2) is 0 Å². The second-order valence-electron chi connectivity index (χ2n) is 11.8. The van der Waals surface area contributed by atoms with Crippen LogP contribution in [0.25, 0.3) is 0 Å². The van der Waals surface area contributed by atoms with Crippen LogP contribution in [0.2, 0.25) is 0 Å². The molecule has 2 fully saturated rings. The van der Waals surface area contributed by atoms with Crippen molar-refractivity contribution in [3.8, 4) is 0 Å². The number of hydrogen-bond acceptors (Lipinski definition) is 2. The van der Waals surface area contributed by atoms with Crippen molar-refractivity contribution in [1.29, 1.82) is 0 Å². The highest BCUT2D eigenvalue weighted by Gasteiger charge is 2.45. The van der Waals surface area contributed by atoms with Crippen molar-refractivity contribution in [2.24, 2.45) is 0 Å². The molecular weight excluding hydrogens is 550 g/mol. The highest BCUT2D eigenvalue weighted by molar-refractivity contribution is 5.45. The van der Waals surface area contributed by atoms with E-state index in [0.29, 0.717) is 6.04 Å². The van der Waals surface area contributed by atoms with Crippen LogP contribution in [-0.4, -0.2) is 48.1 Å². The van der Waals surface area contributed by atoms with Crippen LogP contribution in [0.4, 0.5) is 26.3 Å². The first-order valence-corrected chi connectivity index (χ1v) is 14.9. The lowest BCUT2D eigenvalue weighted by atomic mass is 9.65. The zero-order valence-corrected chi connectivity index (χ0v) is 23.9. The summed E-state index contributed by atoms with van der Waals surface area (Å²) in [6.07, 6.45) is -3.60. The lowest BCUT2D eigenvalue weighted by Crippen LogP contribution is -2.58. The third-order valence-electron chi connectivity index (χ3n) is 9.41. The molecule has 1 saturated heterocycles. The van der Waals surface area contributed by atoms with E-state index >= 15 is 0 Å². The second kappa shape index (κ2) is 12.4. The quantitative estimate of drug-likeness (QED) is 0.255. The van der Waals surface area contributed by atoms with Gasteiger partial charge in [-0.1, -0.05) is 79.9 Å². The van der Waals surface area contributed by atoms with Crippen LogP contribution in [0, 0.1) is 0 Å². The molecule has 1 atom stereocenters. The fourth-order valence-electron chi connectivity index (χ4n) is 7.16. The summed E-state index contributed by atoms with van der Waals surface area (Å²) in [7, 11) is 0. The molecule has 1 heterocycles. The molecule has 0 aromatic heterocycles. The van der Waals surface area contributed by atoms with E-state index in [9.17, 15) is 26.3 Å². The van der Waals surface area contributed by atoms with Gasteiger partial charge in [0.1, 0.15) is 0 Å². The van der Waals surface area contributed by atoms with Crippen molar-refractivity contribution in [1.82, 2.24) is 9.80 Å². The Morgan fingerprint density at radius 2 is 1.12 bits per heavy atom. The smallest absolute Gasteiger partial charge is 0.298 e. The summed E-state index contributed by atoms with van der Waals surface area (Å²) < 4.78 is 83.2. The topological polar surface area (TPSA) is 6.48 Å². The van der Waals surface area contributed by atoms with E-state index in [1.165, 1.54) is 32.1 Å². The normalized spacial score (nSPS) is 19.1. The third-order valence-corrected chi connectivity index (χ3v) is 9.41. The maximum absolute atomic E-state index is 13.9. The lowest BCUT2D eigenvalue weighted by Gasteiger charge is -2.49. The van der Waals surface area contributed by atoms with Gasteiger partial charge in [0.25, 0.3) is 0 Å². The monoisotopic (exact) mass is 588 g/mol. The van der Waals surface area contributed by atoms with Gasteiger partial charge in [-0.05, 0) is 61.1 Å². The molecule has 1 unspecified atom stereocenters. The van der Waals surface area contributed by atoms with Crippen molar-refractivity contribution >= 4 is 0 Å². The lowest BCUT2D eigenvalue weighted by molar-refractivity contribution is -0.143. The summed E-state index contributed by atoms with van der Waals surface area (Å²) in [5, 5.41) is 0. The second-order valence-corrected chi connectivity index (χ2v) is 11.8. The van der Waals surface area contributed by atoms with Gasteiger partial charge in [0.2, 0.25) is 0 Å². The number of halogens is 6. The number of hydrogen-bond donors (Lipinski definition) is 0. The van der Waals surface area contributed by atoms with Crippen LogP contribution in [0.3, 0.4) is 0 Å². The van der Waals surface area contributed by atoms with Gasteiger partial charge in [0.15, 0.2) is 0 Å². The third kappa shape index (κ3) is 6.55. The zero-order valence-electron chi connectivity index (χ0n) is 23.9. The van der Waals surface area contributed by atoms with Crippen LogP contribution >= 0.6 is 0 Å². The summed E-state index contributed by atoms with van der Waals surface area (Å²) in [5.74, 6) is 0. The fraction of sp³-hybridized carbons (Fsp3) is 0.471. The van der Waals surface area contributed by atoms with Crippen LogP contribution in [0.5, 0.6) is 0 Å². The van der Waals surface area contributed by atoms with E-state index in [4.69, 9.17) is 0 Å². The van der Waals surface area contributed by atoms with Crippen LogP contribution < -0.4 is 0 Å². The molecule has 3 aromatic rings. The average molecular weight is 589 g/mol. The van der Waals surface area contributed by atoms with E-state index < -0.39 is 28.9 Å². The first-order valence-electron chi connectivity index (χ1n) is 14.9. The van der Waals surface area contributed by atoms with Crippen LogP contribution in [0.1, 0.15) is 66.8 Å². The molecule has 2 aliphatic rings. The predicted octanol–water partition coefficient (Wildman–Crippen LogP) is 8.59. The molecule has 0 N–H and O–H groups in total. The number of nitrogens with zero attached hydrogens (tertiary/aromatic N) is 2. The Labute approximate surface area is 244 Å². The molecule has 1 aliphatic carbocycles. The van der Waals surface area contributed by atoms with E-state index in [0.717, 1.165) is 49.4 Å². The molecule has 3 aromatic carbocycles. The van der Waals surface area contributed by atoms with E-state index in [1.807, 2.05) is 60.7 Å². The first-order chi connectivity index (χ1) is 20.0. The van der Waals surface area contributed by atoms with Crippen molar-refractivity contribution < 1.29 is 26.3 Å². The minimum absolute atomic E-state index is 0.0116. The molecule has 0 amide bonds. The summed E-state index contributed by atoms with van der Waals surface area (Å²) >= 11 is 0. The van der Waals surface area contributed by atoms with Gasteiger partial charge in [-0.3, -0.25) is 9.80 Å². The van der Waals surface area contributed by atoms with Gasteiger partial charge in [-0.15, -0.1) is 0 Å². The molecule has 0 bridgehead atoms. The molecule has 0 spiro atoms. The average Bonchev–Trinajstić information content (AvgIpc) is 3.00. The highest BCUT2D eigenvalue weighted by Crippen LogP contribution is 2.44. The standard InChI is InChI=1S/C34H38F6N2/c1-25(41-17-19-42(20-18-41)31-15-9-4-10-16-31)32(27-11-5-2-6-12-27,28-13-7-3-8-14-28)24-26-21-29(33(35,36)37)23-30(22-26)34(38,39)40/h2-3,5-8,11-14,21-23,25,31H,4,9-10,15-20,24H2,1H3. The molecule has 5 rings (SSSR count). The van der Waals surface area contributed by atoms with Crippen molar-refractivity contribution in [2.75, 3.05) is 26.2 Å². The van der Waals surface area contributed by atoms with E-state index in [2.05, 4.69) is 16.7 Å². The number of rotatable bonds is 7. The summed E-state index contributed by atoms with van der Waals surface area (Å²) in [6.45, 7) is 5.45. The highest BCUT2D eigenvalue weighted by atomic mass is 19.4. The number of alkyl halides is 6. The Hall–Kier alpha value is -2.84. The zero-order chi connectivity index (χ0) is 30.0. The van der Waals surface area contributed by atoms with Crippen molar-refractivity contribution in [2.45, 2.75) is 75.3 Å². The van der Waals surface area contributed by atoms with Crippen LogP contribution in [0.15, 0.2) is 78.9 Å². The Kier molecular flexibility index (Phi) is 9.05. The molecule has 1 saturated carbocycles.